The molecule has 1 atom stereocenters. The van der Waals surface area contributed by atoms with Gasteiger partial charge in [0.25, 0.3) is 5.69 Å². The Kier molecular flexibility index (Phi) is 3.97. The van der Waals surface area contributed by atoms with Crippen LogP contribution in [-0.4, -0.2) is 9.91 Å². The van der Waals surface area contributed by atoms with Crippen LogP contribution in [0.25, 0.3) is 0 Å². The lowest BCUT2D eigenvalue weighted by Gasteiger charge is -2.15. The molecule has 0 aliphatic carbocycles. The average molecular weight is 278 g/mol. The highest BCUT2D eigenvalue weighted by atomic mass is 35.5. The van der Waals surface area contributed by atoms with Gasteiger partial charge in [0.2, 0.25) is 0 Å². The lowest BCUT2D eigenvalue weighted by molar-refractivity contribution is -0.384. The maximum absolute atomic E-state index is 10.6. The minimum absolute atomic E-state index is 0.0268. The van der Waals surface area contributed by atoms with Gasteiger partial charge in [-0.2, -0.15) is 0 Å². The second kappa shape index (κ2) is 5.67. The number of nitrogens with one attached hydrogen (secondary N) is 1. The Balaban J connectivity index is 2.18. The molecule has 0 fully saturated rings. The van der Waals surface area contributed by atoms with E-state index in [-0.39, 0.29) is 11.7 Å². The van der Waals surface area contributed by atoms with Gasteiger partial charge in [0.05, 0.1) is 27.4 Å². The normalized spacial score (nSPS) is 11.9. The molecule has 1 aromatic carbocycles. The summed E-state index contributed by atoms with van der Waals surface area (Å²) in [6.07, 6.45) is 1.71. The Hall–Kier alpha value is -2.14. The van der Waals surface area contributed by atoms with Gasteiger partial charge < -0.3 is 5.32 Å². The third-order valence-corrected chi connectivity index (χ3v) is 2.98. The number of halogens is 1. The predicted molar refractivity (Wildman–Crippen MR) is 74.4 cm³/mol. The van der Waals surface area contributed by atoms with Gasteiger partial charge in [-0.1, -0.05) is 17.7 Å². The number of nitrogens with zero attached hydrogens (tertiary/aromatic N) is 2. The van der Waals surface area contributed by atoms with Gasteiger partial charge in [0.15, 0.2) is 0 Å². The first kappa shape index (κ1) is 13.3. The second-order valence-corrected chi connectivity index (χ2v) is 4.45. The molecule has 0 amide bonds. The largest absolute Gasteiger partial charge is 0.376 e. The van der Waals surface area contributed by atoms with E-state index < -0.39 is 4.92 Å². The summed E-state index contributed by atoms with van der Waals surface area (Å²) < 4.78 is 0. The first-order valence-electron chi connectivity index (χ1n) is 5.69. The van der Waals surface area contributed by atoms with Gasteiger partial charge >= 0.3 is 0 Å². The molecule has 6 heteroatoms. The van der Waals surface area contributed by atoms with E-state index >= 15 is 0 Å². The highest BCUT2D eigenvalue weighted by Gasteiger charge is 2.12. The standard InChI is InChI=1S/C13H12ClN3O2/c1-9(12-4-2-3-7-15-12)16-13-6-5-10(17(18)19)8-11(13)14/h2-9,16H,1H3/t9-/m0/s1. The molecule has 98 valence electrons. The number of aromatic nitrogens is 1. The van der Waals surface area contributed by atoms with E-state index in [9.17, 15) is 10.1 Å². The Morgan fingerprint density at radius 1 is 1.37 bits per heavy atom. The lowest BCUT2D eigenvalue weighted by Crippen LogP contribution is -2.08. The number of hydrogen-bond donors (Lipinski definition) is 1. The summed E-state index contributed by atoms with van der Waals surface area (Å²) in [5.74, 6) is 0. The van der Waals surface area contributed by atoms with E-state index in [1.165, 1.54) is 12.1 Å². The van der Waals surface area contributed by atoms with Crippen LogP contribution in [0.2, 0.25) is 5.02 Å². The van der Waals surface area contributed by atoms with Crippen LogP contribution in [0.5, 0.6) is 0 Å². The lowest BCUT2D eigenvalue weighted by atomic mass is 10.2. The number of nitro groups is 1. The molecule has 0 saturated carbocycles. The number of nitro benzene ring substituents is 1. The molecule has 0 aliphatic rings. The Morgan fingerprint density at radius 2 is 2.16 bits per heavy atom. The molecule has 0 radical (unpaired) electrons. The van der Waals surface area contributed by atoms with Gasteiger partial charge in [0, 0.05) is 18.3 Å². The van der Waals surface area contributed by atoms with Crippen LogP contribution in [0.3, 0.4) is 0 Å². The van der Waals surface area contributed by atoms with Gasteiger partial charge in [-0.05, 0) is 25.1 Å². The molecule has 1 N–H and O–H groups in total. The zero-order valence-electron chi connectivity index (χ0n) is 10.2. The van der Waals surface area contributed by atoms with Crippen LogP contribution in [0, 0.1) is 10.1 Å². The summed E-state index contributed by atoms with van der Waals surface area (Å²) in [5.41, 5.74) is 1.49. The molecule has 0 unspecified atom stereocenters. The third kappa shape index (κ3) is 3.20. The number of benzene rings is 1. The van der Waals surface area contributed by atoms with Crippen molar-refractivity contribution >= 4 is 23.0 Å². The molecular weight excluding hydrogens is 266 g/mol. The van der Waals surface area contributed by atoms with E-state index in [0.29, 0.717) is 10.7 Å². The minimum atomic E-state index is -0.474. The van der Waals surface area contributed by atoms with E-state index in [1.54, 1.807) is 12.3 Å². The van der Waals surface area contributed by atoms with Crippen molar-refractivity contribution in [3.63, 3.8) is 0 Å². The predicted octanol–water partition coefficient (Wildman–Crippen LogP) is 3.82. The van der Waals surface area contributed by atoms with Crippen molar-refractivity contribution in [3.05, 3.63) is 63.4 Å². The summed E-state index contributed by atoms with van der Waals surface area (Å²) in [6.45, 7) is 1.94. The molecule has 2 rings (SSSR count). The van der Waals surface area contributed by atoms with Crippen LogP contribution >= 0.6 is 11.6 Å². The highest BCUT2D eigenvalue weighted by Crippen LogP contribution is 2.29. The molecule has 0 spiro atoms. The van der Waals surface area contributed by atoms with Crippen molar-refractivity contribution in [1.29, 1.82) is 0 Å². The summed E-state index contributed by atoms with van der Waals surface area (Å²) in [7, 11) is 0. The van der Waals surface area contributed by atoms with Crippen molar-refractivity contribution in [2.75, 3.05) is 5.32 Å². The van der Waals surface area contributed by atoms with Crippen LogP contribution in [0.4, 0.5) is 11.4 Å². The Labute approximate surface area is 115 Å². The van der Waals surface area contributed by atoms with Gasteiger partial charge in [-0.15, -0.1) is 0 Å². The van der Waals surface area contributed by atoms with Gasteiger partial charge in [-0.3, -0.25) is 15.1 Å². The molecule has 1 heterocycles. The van der Waals surface area contributed by atoms with Crippen LogP contribution < -0.4 is 5.32 Å². The molecule has 2 aromatic rings. The van der Waals surface area contributed by atoms with Crippen LogP contribution in [-0.2, 0) is 0 Å². The molecule has 19 heavy (non-hydrogen) atoms. The second-order valence-electron chi connectivity index (χ2n) is 4.04. The minimum Gasteiger partial charge on any atom is -0.376 e. The summed E-state index contributed by atoms with van der Waals surface area (Å²) in [5, 5.41) is 14.1. The smallest absolute Gasteiger partial charge is 0.271 e. The van der Waals surface area contributed by atoms with Crippen LogP contribution in [0.1, 0.15) is 18.7 Å². The summed E-state index contributed by atoms with van der Waals surface area (Å²) in [6, 6.07) is 9.94. The van der Waals surface area contributed by atoms with Crippen molar-refractivity contribution in [2.24, 2.45) is 0 Å². The average Bonchev–Trinajstić information content (AvgIpc) is 2.41. The van der Waals surface area contributed by atoms with E-state index in [0.717, 1.165) is 5.69 Å². The maximum atomic E-state index is 10.6. The highest BCUT2D eigenvalue weighted by molar-refractivity contribution is 6.33. The zero-order valence-corrected chi connectivity index (χ0v) is 11.0. The zero-order chi connectivity index (χ0) is 13.8. The Morgan fingerprint density at radius 3 is 2.74 bits per heavy atom. The van der Waals surface area contributed by atoms with E-state index in [4.69, 9.17) is 11.6 Å². The summed E-state index contributed by atoms with van der Waals surface area (Å²) in [4.78, 5) is 14.4. The van der Waals surface area contributed by atoms with Gasteiger partial charge in [-0.25, -0.2) is 0 Å². The topological polar surface area (TPSA) is 68.1 Å². The van der Waals surface area contributed by atoms with E-state index in [2.05, 4.69) is 10.3 Å². The van der Waals surface area contributed by atoms with Crippen LogP contribution in [0.15, 0.2) is 42.6 Å². The third-order valence-electron chi connectivity index (χ3n) is 2.67. The quantitative estimate of drug-likeness (QED) is 0.681. The number of non-ortho nitro benzene ring substituents is 1. The monoisotopic (exact) mass is 277 g/mol. The molecular formula is C13H12ClN3O2. The first-order valence-corrected chi connectivity index (χ1v) is 6.07. The fraction of sp³-hybridized carbons (Fsp3) is 0.154. The summed E-state index contributed by atoms with van der Waals surface area (Å²) >= 11 is 6.02. The van der Waals surface area contributed by atoms with Crippen molar-refractivity contribution < 1.29 is 4.92 Å². The van der Waals surface area contributed by atoms with Crippen molar-refractivity contribution in [1.82, 2.24) is 4.98 Å². The number of pyridine rings is 1. The van der Waals surface area contributed by atoms with Gasteiger partial charge in [0.1, 0.15) is 0 Å². The Bertz CT molecular complexity index is 590. The van der Waals surface area contributed by atoms with E-state index in [1.807, 2.05) is 25.1 Å². The number of anilines is 1. The number of hydrogen-bond acceptors (Lipinski definition) is 4. The fourth-order valence-corrected chi connectivity index (χ4v) is 1.90. The molecule has 5 nitrogen and oxygen atoms in total. The molecule has 0 saturated heterocycles. The van der Waals surface area contributed by atoms with Crippen molar-refractivity contribution in [3.8, 4) is 0 Å². The fourth-order valence-electron chi connectivity index (χ4n) is 1.67. The molecule has 0 aliphatic heterocycles. The van der Waals surface area contributed by atoms with Crippen molar-refractivity contribution in [2.45, 2.75) is 13.0 Å². The first-order chi connectivity index (χ1) is 9.08. The number of rotatable bonds is 4. The molecule has 0 bridgehead atoms. The molecule has 1 aromatic heterocycles. The SMILES string of the molecule is C[C@H](Nc1ccc([N+](=O)[O-])cc1Cl)c1ccccn1. The maximum Gasteiger partial charge on any atom is 0.271 e.